The smallest absolute Gasteiger partial charge is 0.323 e. The summed E-state index contributed by atoms with van der Waals surface area (Å²) in [5.74, 6) is -0.301. The molecule has 2 amide bonds. The zero-order valence-corrected chi connectivity index (χ0v) is 10.4. The van der Waals surface area contributed by atoms with Gasteiger partial charge in [-0.3, -0.25) is 4.79 Å². The summed E-state index contributed by atoms with van der Waals surface area (Å²) in [6.45, 7) is 1.47. The normalized spacial score (nSPS) is 14.5. The predicted molar refractivity (Wildman–Crippen MR) is 61.8 cm³/mol. The number of carbonyl (C=O) groups excluding carboxylic acids is 1. The Bertz CT molecular complexity index is 279. The van der Waals surface area contributed by atoms with Crippen LogP contribution in [0, 0.1) is 5.92 Å². The molecule has 1 aliphatic rings. The Morgan fingerprint density at radius 3 is 2.47 bits per heavy atom. The minimum atomic E-state index is -1.01. The van der Waals surface area contributed by atoms with Gasteiger partial charge in [-0.2, -0.15) is 0 Å². The van der Waals surface area contributed by atoms with E-state index in [2.05, 4.69) is 0 Å². The molecule has 0 aliphatic heterocycles. The van der Waals surface area contributed by atoms with Crippen LogP contribution in [0.5, 0.6) is 0 Å². The molecule has 1 N–H and O–H groups in total. The lowest BCUT2D eigenvalue weighted by Crippen LogP contribution is -2.42. The molecule has 0 saturated heterocycles. The lowest BCUT2D eigenvalue weighted by Gasteiger charge is -2.23. The monoisotopic (exact) mass is 244 g/mol. The number of carboxylic acids is 1. The molecule has 0 aromatic heterocycles. The zero-order valence-electron chi connectivity index (χ0n) is 10.4. The topological polar surface area (TPSA) is 70.1 Å². The van der Waals surface area contributed by atoms with Gasteiger partial charge in [0.25, 0.3) is 0 Å². The molecule has 17 heavy (non-hydrogen) atoms. The van der Waals surface area contributed by atoms with Crippen LogP contribution < -0.4 is 0 Å². The van der Waals surface area contributed by atoms with Gasteiger partial charge in [-0.15, -0.1) is 0 Å². The molecule has 1 rings (SSSR count). The Balaban J connectivity index is 2.13. The minimum absolute atomic E-state index is 0.286. The molecule has 98 valence electrons. The van der Waals surface area contributed by atoms with E-state index in [1.807, 2.05) is 0 Å². The van der Waals surface area contributed by atoms with Gasteiger partial charge >= 0.3 is 12.0 Å². The van der Waals surface area contributed by atoms with Gasteiger partial charge in [0.05, 0.1) is 6.61 Å². The third kappa shape index (κ3) is 5.53. The number of amides is 2. The van der Waals surface area contributed by atoms with E-state index >= 15 is 0 Å². The molecule has 0 aromatic carbocycles. The lowest BCUT2D eigenvalue weighted by atomic mass is 10.5. The molecule has 0 unspecified atom stereocenters. The van der Waals surface area contributed by atoms with Crippen molar-refractivity contribution in [1.82, 2.24) is 9.80 Å². The van der Waals surface area contributed by atoms with Crippen LogP contribution in [-0.4, -0.2) is 67.3 Å². The zero-order chi connectivity index (χ0) is 12.8. The van der Waals surface area contributed by atoms with Gasteiger partial charge in [0.2, 0.25) is 0 Å². The number of rotatable bonds is 7. The summed E-state index contributed by atoms with van der Waals surface area (Å²) in [4.78, 5) is 24.7. The summed E-state index contributed by atoms with van der Waals surface area (Å²) in [7, 11) is 3.11. The SMILES string of the molecule is CN(CCOCC1CC1)C(=O)N(C)CC(=O)O. The number of carbonyl (C=O) groups is 2. The van der Waals surface area contributed by atoms with E-state index in [1.165, 1.54) is 29.7 Å². The Hall–Kier alpha value is -1.30. The van der Waals surface area contributed by atoms with Crippen molar-refractivity contribution >= 4 is 12.0 Å². The van der Waals surface area contributed by atoms with Gasteiger partial charge in [0, 0.05) is 27.2 Å². The number of carboxylic acid groups (broad SMARTS) is 1. The van der Waals surface area contributed by atoms with Crippen LogP contribution in [0.1, 0.15) is 12.8 Å². The first-order valence-electron chi connectivity index (χ1n) is 5.76. The molecule has 0 spiro atoms. The molecule has 0 atom stereocenters. The second-order valence-electron chi connectivity index (χ2n) is 4.47. The first-order valence-corrected chi connectivity index (χ1v) is 5.76. The van der Waals surface area contributed by atoms with Gasteiger partial charge in [0.1, 0.15) is 6.54 Å². The molecule has 0 heterocycles. The van der Waals surface area contributed by atoms with Crippen molar-refractivity contribution in [3.05, 3.63) is 0 Å². The van der Waals surface area contributed by atoms with E-state index in [1.54, 1.807) is 7.05 Å². The summed E-state index contributed by atoms with van der Waals surface area (Å²) in [6.07, 6.45) is 2.49. The highest BCUT2D eigenvalue weighted by Crippen LogP contribution is 2.28. The number of urea groups is 1. The number of likely N-dealkylation sites (N-methyl/N-ethyl adjacent to an activating group) is 2. The first-order chi connectivity index (χ1) is 8.00. The molecule has 1 saturated carbocycles. The van der Waals surface area contributed by atoms with Crippen molar-refractivity contribution in [2.75, 3.05) is 40.4 Å². The van der Waals surface area contributed by atoms with Crippen LogP contribution in [0.25, 0.3) is 0 Å². The van der Waals surface area contributed by atoms with Crippen LogP contribution >= 0.6 is 0 Å². The summed E-state index contributed by atoms with van der Waals surface area (Å²) < 4.78 is 5.41. The van der Waals surface area contributed by atoms with Crippen molar-refractivity contribution in [1.29, 1.82) is 0 Å². The van der Waals surface area contributed by atoms with E-state index < -0.39 is 5.97 Å². The van der Waals surface area contributed by atoms with Crippen molar-refractivity contribution in [2.24, 2.45) is 5.92 Å². The van der Waals surface area contributed by atoms with Crippen molar-refractivity contribution in [3.63, 3.8) is 0 Å². The molecule has 0 radical (unpaired) electrons. The predicted octanol–water partition coefficient (Wildman–Crippen LogP) is 0.481. The Kier molecular flexibility index (Phi) is 5.21. The number of hydrogen-bond acceptors (Lipinski definition) is 3. The maximum atomic E-state index is 11.7. The summed E-state index contributed by atoms with van der Waals surface area (Å²) in [5.41, 5.74) is 0. The van der Waals surface area contributed by atoms with E-state index in [-0.39, 0.29) is 12.6 Å². The fourth-order valence-corrected chi connectivity index (χ4v) is 1.39. The number of nitrogens with zero attached hydrogens (tertiary/aromatic N) is 2. The second kappa shape index (κ2) is 6.44. The van der Waals surface area contributed by atoms with Gasteiger partial charge in [-0.25, -0.2) is 4.79 Å². The van der Waals surface area contributed by atoms with Crippen molar-refractivity contribution < 1.29 is 19.4 Å². The van der Waals surface area contributed by atoms with Crippen LogP contribution in [-0.2, 0) is 9.53 Å². The number of ether oxygens (including phenoxy) is 1. The maximum absolute atomic E-state index is 11.7. The third-order valence-corrected chi connectivity index (χ3v) is 2.65. The second-order valence-corrected chi connectivity index (χ2v) is 4.47. The highest BCUT2D eigenvalue weighted by atomic mass is 16.5. The van der Waals surface area contributed by atoms with Crippen LogP contribution in [0.2, 0.25) is 0 Å². The number of hydrogen-bond donors (Lipinski definition) is 1. The Morgan fingerprint density at radius 1 is 1.29 bits per heavy atom. The van der Waals surface area contributed by atoms with Gasteiger partial charge in [-0.1, -0.05) is 0 Å². The Labute approximate surface area is 101 Å². The van der Waals surface area contributed by atoms with Crippen LogP contribution in [0.15, 0.2) is 0 Å². The molecular formula is C11H20N2O4. The average Bonchev–Trinajstić information content (AvgIpc) is 3.05. The van der Waals surface area contributed by atoms with Crippen LogP contribution in [0.3, 0.4) is 0 Å². The fraction of sp³-hybridized carbons (Fsp3) is 0.818. The highest BCUT2D eigenvalue weighted by molar-refractivity contribution is 5.79. The average molecular weight is 244 g/mol. The van der Waals surface area contributed by atoms with E-state index in [4.69, 9.17) is 9.84 Å². The summed E-state index contributed by atoms with van der Waals surface area (Å²) >= 11 is 0. The Morgan fingerprint density at radius 2 is 1.94 bits per heavy atom. The maximum Gasteiger partial charge on any atom is 0.323 e. The van der Waals surface area contributed by atoms with E-state index in [0.29, 0.717) is 19.1 Å². The quantitative estimate of drug-likeness (QED) is 0.661. The highest BCUT2D eigenvalue weighted by Gasteiger charge is 2.21. The lowest BCUT2D eigenvalue weighted by molar-refractivity contribution is -0.137. The van der Waals surface area contributed by atoms with Gasteiger partial charge < -0.3 is 19.6 Å². The van der Waals surface area contributed by atoms with E-state index in [9.17, 15) is 9.59 Å². The van der Waals surface area contributed by atoms with Crippen LogP contribution in [0.4, 0.5) is 4.79 Å². The van der Waals surface area contributed by atoms with E-state index in [0.717, 1.165) is 6.61 Å². The third-order valence-electron chi connectivity index (χ3n) is 2.65. The van der Waals surface area contributed by atoms with Gasteiger partial charge in [-0.05, 0) is 18.8 Å². The van der Waals surface area contributed by atoms with Gasteiger partial charge in [0.15, 0.2) is 0 Å². The minimum Gasteiger partial charge on any atom is -0.480 e. The molecule has 1 aliphatic carbocycles. The fourth-order valence-electron chi connectivity index (χ4n) is 1.39. The van der Waals surface area contributed by atoms with Crippen molar-refractivity contribution in [2.45, 2.75) is 12.8 Å². The molecule has 1 fully saturated rings. The standard InChI is InChI=1S/C11H20N2O4/c1-12(5-6-17-8-9-3-4-9)11(16)13(2)7-10(14)15/h9H,3-8H2,1-2H3,(H,14,15). The summed E-state index contributed by atoms with van der Waals surface area (Å²) in [6, 6.07) is -0.303. The molecule has 0 aromatic rings. The molecular weight excluding hydrogens is 224 g/mol. The molecule has 0 bridgehead atoms. The molecule has 6 heteroatoms. The summed E-state index contributed by atoms with van der Waals surface area (Å²) in [5, 5.41) is 8.56. The number of aliphatic carboxylic acids is 1. The first kappa shape index (κ1) is 13.8. The molecule has 6 nitrogen and oxygen atoms in total. The van der Waals surface area contributed by atoms with Crippen molar-refractivity contribution in [3.8, 4) is 0 Å². The largest absolute Gasteiger partial charge is 0.480 e.